The van der Waals surface area contributed by atoms with Gasteiger partial charge >= 0.3 is 5.69 Å². The summed E-state index contributed by atoms with van der Waals surface area (Å²) >= 11 is 5.94. The molecule has 0 fully saturated rings. The molecule has 0 heterocycles. The predicted octanol–water partition coefficient (Wildman–Crippen LogP) is 3.14. The molecule has 108 valence electrons. The van der Waals surface area contributed by atoms with Crippen molar-refractivity contribution in [1.82, 2.24) is 0 Å². The highest BCUT2D eigenvalue weighted by atomic mass is 35.5. The number of nitro groups is 1. The zero-order valence-electron chi connectivity index (χ0n) is 10.6. The number of para-hydroxylation sites is 1. The molecule has 2 aromatic rings. The lowest BCUT2D eigenvalue weighted by atomic mass is 10.1. The Morgan fingerprint density at radius 2 is 2.00 bits per heavy atom. The van der Waals surface area contributed by atoms with Crippen molar-refractivity contribution in [2.75, 3.05) is 0 Å². The van der Waals surface area contributed by atoms with Crippen molar-refractivity contribution in [3.8, 4) is 11.5 Å². The monoisotopic (exact) mass is 307 g/mol. The van der Waals surface area contributed by atoms with Gasteiger partial charge < -0.3 is 15.7 Å². The van der Waals surface area contributed by atoms with E-state index < -0.39 is 4.92 Å². The van der Waals surface area contributed by atoms with E-state index in [2.05, 4.69) is 5.16 Å². The second-order valence-electron chi connectivity index (χ2n) is 3.96. The van der Waals surface area contributed by atoms with Gasteiger partial charge in [-0.3, -0.25) is 10.1 Å². The Balaban J connectivity index is 2.44. The number of hydrogen-bond acceptors (Lipinski definition) is 5. The van der Waals surface area contributed by atoms with Crippen LogP contribution in [-0.2, 0) is 0 Å². The van der Waals surface area contributed by atoms with Crippen LogP contribution in [0.5, 0.6) is 11.5 Å². The third-order valence-corrected chi connectivity index (χ3v) is 2.93. The van der Waals surface area contributed by atoms with E-state index in [4.69, 9.17) is 27.3 Å². The maximum atomic E-state index is 11.1. The fourth-order valence-corrected chi connectivity index (χ4v) is 1.78. The number of ether oxygens (including phenoxy) is 1. The second-order valence-corrected chi connectivity index (χ2v) is 4.36. The van der Waals surface area contributed by atoms with Crippen molar-refractivity contribution < 1.29 is 14.9 Å². The Morgan fingerprint density at radius 1 is 1.29 bits per heavy atom. The summed E-state index contributed by atoms with van der Waals surface area (Å²) in [5.41, 5.74) is 5.29. The SMILES string of the molecule is N/C(=N/O)c1ccc(Oc2ccccc2Cl)c([N+](=O)[O-])c1. The zero-order valence-corrected chi connectivity index (χ0v) is 11.3. The first-order valence-electron chi connectivity index (χ1n) is 5.71. The van der Waals surface area contributed by atoms with Crippen LogP contribution in [-0.4, -0.2) is 16.0 Å². The average Bonchev–Trinajstić information content (AvgIpc) is 2.49. The number of nitro benzene ring substituents is 1. The molecule has 7 nitrogen and oxygen atoms in total. The molecule has 2 aromatic carbocycles. The van der Waals surface area contributed by atoms with Crippen LogP contribution < -0.4 is 10.5 Å². The number of halogens is 1. The molecule has 0 amide bonds. The molecule has 0 aliphatic rings. The molecule has 0 atom stereocenters. The van der Waals surface area contributed by atoms with Crippen LogP contribution in [0, 0.1) is 10.1 Å². The van der Waals surface area contributed by atoms with Crippen LogP contribution in [0.25, 0.3) is 0 Å². The predicted molar refractivity (Wildman–Crippen MR) is 77.1 cm³/mol. The smallest absolute Gasteiger partial charge is 0.312 e. The molecule has 0 aliphatic carbocycles. The summed E-state index contributed by atoms with van der Waals surface area (Å²) in [5, 5.41) is 22.8. The van der Waals surface area contributed by atoms with E-state index >= 15 is 0 Å². The van der Waals surface area contributed by atoms with Gasteiger partial charge in [0.2, 0.25) is 5.75 Å². The Hall–Kier alpha value is -2.80. The van der Waals surface area contributed by atoms with Crippen molar-refractivity contribution in [2.45, 2.75) is 0 Å². The third kappa shape index (κ3) is 3.21. The number of benzene rings is 2. The van der Waals surface area contributed by atoms with E-state index in [1.807, 2.05) is 0 Å². The Labute approximate surface area is 124 Å². The van der Waals surface area contributed by atoms with Gasteiger partial charge in [-0.1, -0.05) is 28.9 Å². The van der Waals surface area contributed by atoms with Gasteiger partial charge in [0.15, 0.2) is 5.84 Å². The lowest BCUT2D eigenvalue weighted by molar-refractivity contribution is -0.385. The Kier molecular flexibility index (Phi) is 4.24. The lowest BCUT2D eigenvalue weighted by Crippen LogP contribution is -2.13. The Bertz CT molecular complexity index is 718. The molecule has 0 spiro atoms. The first-order valence-corrected chi connectivity index (χ1v) is 6.09. The molecule has 0 bridgehead atoms. The van der Waals surface area contributed by atoms with Crippen LogP contribution >= 0.6 is 11.6 Å². The van der Waals surface area contributed by atoms with E-state index in [-0.39, 0.29) is 22.8 Å². The molecular weight excluding hydrogens is 298 g/mol. The molecule has 0 aliphatic heterocycles. The number of rotatable bonds is 4. The van der Waals surface area contributed by atoms with Crippen molar-refractivity contribution in [2.24, 2.45) is 10.9 Å². The lowest BCUT2D eigenvalue weighted by Gasteiger charge is -2.08. The molecular formula is C13H10ClN3O4. The maximum absolute atomic E-state index is 11.1. The van der Waals surface area contributed by atoms with Crippen molar-refractivity contribution in [3.63, 3.8) is 0 Å². The summed E-state index contributed by atoms with van der Waals surface area (Å²) in [4.78, 5) is 10.5. The summed E-state index contributed by atoms with van der Waals surface area (Å²) in [5.74, 6) is 0.0591. The van der Waals surface area contributed by atoms with Gasteiger partial charge in [0.1, 0.15) is 5.75 Å². The van der Waals surface area contributed by atoms with Crippen LogP contribution in [0.1, 0.15) is 5.56 Å². The number of hydrogen-bond donors (Lipinski definition) is 2. The molecule has 21 heavy (non-hydrogen) atoms. The minimum Gasteiger partial charge on any atom is -0.449 e. The molecule has 0 saturated carbocycles. The maximum Gasteiger partial charge on any atom is 0.312 e. The van der Waals surface area contributed by atoms with Gasteiger partial charge in [-0.2, -0.15) is 0 Å². The summed E-state index contributed by atoms with van der Waals surface area (Å²) < 4.78 is 5.45. The number of oxime groups is 1. The number of nitrogens with zero attached hydrogens (tertiary/aromatic N) is 2. The van der Waals surface area contributed by atoms with Crippen molar-refractivity contribution in [1.29, 1.82) is 0 Å². The fourth-order valence-electron chi connectivity index (χ4n) is 1.61. The van der Waals surface area contributed by atoms with Crippen molar-refractivity contribution in [3.05, 3.63) is 63.2 Å². The molecule has 0 radical (unpaired) electrons. The highest BCUT2D eigenvalue weighted by Crippen LogP contribution is 2.35. The Morgan fingerprint density at radius 3 is 2.62 bits per heavy atom. The summed E-state index contributed by atoms with van der Waals surface area (Å²) in [6.45, 7) is 0. The van der Waals surface area contributed by atoms with Gasteiger partial charge in [-0.05, 0) is 24.3 Å². The number of amidine groups is 1. The molecule has 3 N–H and O–H groups in total. The van der Waals surface area contributed by atoms with Gasteiger partial charge in [0, 0.05) is 11.6 Å². The summed E-state index contributed by atoms with van der Waals surface area (Å²) in [7, 11) is 0. The molecule has 2 rings (SSSR count). The van der Waals surface area contributed by atoms with Crippen LogP contribution in [0.15, 0.2) is 47.6 Å². The number of nitrogens with two attached hydrogens (primary N) is 1. The highest BCUT2D eigenvalue weighted by molar-refractivity contribution is 6.32. The third-order valence-electron chi connectivity index (χ3n) is 2.62. The van der Waals surface area contributed by atoms with E-state index in [0.717, 1.165) is 6.07 Å². The molecule has 8 heteroatoms. The first-order chi connectivity index (χ1) is 10.0. The topological polar surface area (TPSA) is 111 Å². The van der Waals surface area contributed by atoms with E-state index in [0.29, 0.717) is 10.8 Å². The largest absolute Gasteiger partial charge is 0.449 e. The molecule has 0 aromatic heterocycles. The van der Waals surface area contributed by atoms with Gasteiger partial charge in [-0.15, -0.1) is 0 Å². The van der Waals surface area contributed by atoms with Crippen LogP contribution in [0.4, 0.5) is 5.69 Å². The van der Waals surface area contributed by atoms with Gasteiger partial charge in [0.25, 0.3) is 0 Å². The van der Waals surface area contributed by atoms with Crippen LogP contribution in [0.2, 0.25) is 5.02 Å². The highest BCUT2D eigenvalue weighted by Gasteiger charge is 2.18. The minimum absolute atomic E-state index is 0.00240. The van der Waals surface area contributed by atoms with E-state index in [1.54, 1.807) is 24.3 Å². The quantitative estimate of drug-likeness (QED) is 0.296. The second kappa shape index (κ2) is 6.10. The van der Waals surface area contributed by atoms with Gasteiger partial charge in [-0.25, -0.2) is 0 Å². The fraction of sp³-hybridized carbons (Fsp3) is 0. The average molecular weight is 308 g/mol. The first kappa shape index (κ1) is 14.6. The molecule has 0 unspecified atom stereocenters. The summed E-state index contributed by atoms with van der Waals surface area (Å²) in [6.07, 6.45) is 0. The van der Waals surface area contributed by atoms with E-state index in [1.165, 1.54) is 12.1 Å². The minimum atomic E-state index is -0.625. The van der Waals surface area contributed by atoms with Gasteiger partial charge in [0.05, 0.1) is 9.95 Å². The van der Waals surface area contributed by atoms with E-state index in [9.17, 15) is 10.1 Å². The molecule has 0 saturated heterocycles. The zero-order chi connectivity index (χ0) is 15.4. The normalized spacial score (nSPS) is 11.2. The summed E-state index contributed by atoms with van der Waals surface area (Å²) in [6, 6.07) is 10.5. The standard InChI is InChI=1S/C13H10ClN3O4/c14-9-3-1-2-4-11(9)21-12-6-5-8(13(15)16-18)7-10(12)17(19)20/h1-7,18H,(H2,15,16). The van der Waals surface area contributed by atoms with Crippen LogP contribution in [0.3, 0.4) is 0 Å². The van der Waals surface area contributed by atoms with Crippen molar-refractivity contribution >= 4 is 23.1 Å².